The summed E-state index contributed by atoms with van der Waals surface area (Å²) >= 11 is 0. The normalized spacial score (nSPS) is 11.6. The summed E-state index contributed by atoms with van der Waals surface area (Å²) in [6.07, 6.45) is 0.393. The van der Waals surface area contributed by atoms with E-state index in [4.69, 9.17) is 5.73 Å². The molecule has 18 heavy (non-hydrogen) atoms. The number of amides is 1. The lowest BCUT2D eigenvalue weighted by Crippen LogP contribution is -2.31. The third-order valence-corrected chi connectivity index (χ3v) is 3.77. The Balaban J connectivity index is 2.80. The van der Waals surface area contributed by atoms with Crippen LogP contribution in [0.25, 0.3) is 0 Å². The number of primary amides is 1. The summed E-state index contributed by atoms with van der Waals surface area (Å²) in [5, 5.41) is 0. The van der Waals surface area contributed by atoms with Gasteiger partial charge in [-0.1, -0.05) is 39.8 Å². The van der Waals surface area contributed by atoms with Crippen LogP contribution in [-0.4, -0.2) is 11.7 Å². The molecule has 3 heteroatoms. The largest absolute Gasteiger partial charge is 0.366 e. The molecular weight excluding hydrogens is 226 g/mol. The SMILES string of the molecule is CC(C)C(C)(C)C(=O)Cc1ccc(C(N)=O)cc1. The molecule has 0 fully saturated rings. The molecule has 0 saturated carbocycles. The van der Waals surface area contributed by atoms with Crippen molar-refractivity contribution in [3.63, 3.8) is 0 Å². The van der Waals surface area contributed by atoms with Crippen LogP contribution in [-0.2, 0) is 11.2 Å². The molecule has 98 valence electrons. The number of benzene rings is 1. The Labute approximate surface area is 108 Å². The van der Waals surface area contributed by atoms with E-state index in [2.05, 4.69) is 0 Å². The molecule has 0 bridgehead atoms. The fourth-order valence-corrected chi connectivity index (χ4v) is 1.52. The molecule has 1 amide bonds. The molecule has 1 aromatic rings. The number of hydrogen-bond acceptors (Lipinski definition) is 2. The molecule has 0 aliphatic carbocycles. The molecule has 2 N–H and O–H groups in total. The number of nitrogens with two attached hydrogens (primary N) is 1. The summed E-state index contributed by atoms with van der Waals surface area (Å²) in [5.74, 6) is 0.0644. The maximum absolute atomic E-state index is 12.2. The van der Waals surface area contributed by atoms with E-state index < -0.39 is 5.91 Å². The van der Waals surface area contributed by atoms with E-state index in [1.54, 1.807) is 24.3 Å². The zero-order valence-electron chi connectivity index (χ0n) is 11.5. The average molecular weight is 247 g/mol. The Morgan fingerprint density at radius 3 is 2.06 bits per heavy atom. The van der Waals surface area contributed by atoms with Gasteiger partial charge in [0, 0.05) is 17.4 Å². The van der Waals surface area contributed by atoms with Crippen molar-refractivity contribution in [2.75, 3.05) is 0 Å². The molecule has 0 unspecified atom stereocenters. The van der Waals surface area contributed by atoms with Crippen molar-refractivity contribution in [1.82, 2.24) is 0 Å². The van der Waals surface area contributed by atoms with Crippen LogP contribution in [0.4, 0.5) is 0 Å². The first-order valence-corrected chi connectivity index (χ1v) is 6.17. The average Bonchev–Trinajstić information content (AvgIpc) is 2.29. The van der Waals surface area contributed by atoms with Crippen LogP contribution in [0.15, 0.2) is 24.3 Å². The maximum atomic E-state index is 12.2. The van der Waals surface area contributed by atoms with Gasteiger partial charge in [-0.3, -0.25) is 9.59 Å². The second kappa shape index (κ2) is 5.34. The number of Topliss-reactive ketones (excluding diaryl/α,β-unsaturated/α-hetero) is 1. The summed E-state index contributed by atoms with van der Waals surface area (Å²) in [6, 6.07) is 6.89. The number of carbonyl (C=O) groups excluding carboxylic acids is 2. The molecule has 0 aliphatic heterocycles. The van der Waals surface area contributed by atoms with Gasteiger partial charge in [0.1, 0.15) is 5.78 Å². The summed E-state index contributed by atoms with van der Waals surface area (Å²) in [4.78, 5) is 23.1. The third kappa shape index (κ3) is 3.19. The molecule has 0 aromatic heterocycles. The monoisotopic (exact) mass is 247 g/mol. The first kappa shape index (κ1) is 14.4. The smallest absolute Gasteiger partial charge is 0.248 e. The number of rotatable bonds is 5. The van der Waals surface area contributed by atoms with E-state index in [0.29, 0.717) is 17.9 Å². The predicted molar refractivity (Wildman–Crippen MR) is 72.3 cm³/mol. The van der Waals surface area contributed by atoms with Gasteiger partial charge < -0.3 is 5.73 Å². The van der Waals surface area contributed by atoms with Gasteiger partial charge in [-0.15, -0.1) is 0 Å². The van der Waals surface area contributed by atoms with Crippen LogP contribution in [0.2, 0.25) is 0 Å². The van der Waals surface area contributed by atoms with Gasteiger partial charge in [-0.25, -0.2) is 0 Å². The Morgan fingerprint density at radius 1 is 1.17 bits per heavy atom. The van der Waals surface area contributed by atoms with Crippen molar-refractivity contribution >= 4 is 11.7 Å². The fourth-order valence-electron chi connectivity index (χ4n) is 1.52. The van der Waals surface area contributed by atoms with Gasteiger partial charge in [0.15, 0.2) is 0 Å². The van der Waals surface area contributed by atoms with Gasteiger partial charge in [0.05, 0.1) is 0 Å². The minimum Gasteiger partial charge on any atom is -0.366 e. The first-order valence-electron chi connectivity index (χ1n) is 6.17. The molecule has 0 spiro atoms. The van der Waals surface area contributed by atoms with E-state index in [0.717, 1.165) is 5.56 Å². The number of carbonyl (C=O) groups is 2. The number of hydrogen-bond donors (Lipinski definition) is 1. The Kier molecular flexibility index (Phi) is 4.28. The molecule has 1 aromatic carbocycles. The zero-order chi connectivity index (χ0) is 13.9. The summed E-state index contributed by atoms with van der Waals surface area (Å²) < 4.78 is 0. The lowest BCUT2D eigenvalue weighted by molar-refractivity contribution is -0.128. The second-order valence-corrected chi connectivity index (χ2v) is 5.54. The van der Waals surface area contributed by atoms with Gasteiger partial charge in [-0.2, -0.15) is 0 Å². The lowest BCUT2D eigenvalue weighted by atomic mass is 9.75. The molecule has 0 radical (unpaired) electrons. The molecule has 0 atom stereocenters. The van der Waals surface area contributed by atoms with Crippen molar-refractivity contribution < 1.29 is 9.59 Å². The molecule has 3 nitrogen and oxygen atoms in total. The van der Waals surface area contributed by atoms with Crippen molar-refractivity contribution in [1.29, 1.82) is 0 Å². The molecular formula is C15H21NO2. The molecule has 1 rings (SSSR count). The van der Waals surface area contributed by atoms with Gasteiger partial charge in [0.25, 0.3) is 0 Å². The highest BCUT2D eigenvalue weighted by atomic mass is 16.1. The van der Waals surface area contributed by atoms with E-state index in [-0.39, 0.29) is 11.2 Å². The predicted octanol–water partition coefficient (Wildman–Crippen LogP) is 2.58. The van der Waals surface area contributed by atoms with Crippen LogP contribution in [0, 0.1) is 11.3 Å². The van der Waals surface area contributed by atoms with Crippen LogP contribution >= 0.6 is 0 Å². The van der Waals surface area contributed by atoms with Crippen molar-refractivity contribution in [3.8, 4) is 0 Å². The highest BCUT2D eigenvalue weighted by Crippen LogP contribution is 2.28. The van der Waals surface area contributed by atoms with E-state index in [1.807, 2.05) is 27.7 Å². The lowest BCUT2D eigenvalue weighted by Gasteiger charge is -2.27. The minimum absolute atomic E-state index is 0.212. The van der Waals surface area contributed by atoms with Crippen molar-refractivity contribution in [2.45, 2.75) is 34.1 Å². The third-order valence-electron chi connectivity index (χ3n) is 3.77. The summed E-state index contributed by atoms with van der Waals surface area (Å²) in [5.41, 5.74) is 6.22. The summed E-state index contributed by atoms with van der Waals surface area (Å²) in [6.45, 7) is 8.04. The van der Waals surface area contributed by atoms with Crippen LogP contribution in [0.1, 0.15) is 43.6 Å². The Morgan fingerprint density at radius 2 is 1.67 bits per heavy atom. The van der Waals surface area contributed by atoms with Crippen molar-refractivity contribution in [3.05, 3.63) is 35.4 Å². The Bertz CT molecular complexity index is 444. The fraction of sp³-hybridized carbons (Fsp3) is 0.467. The summed E-state index contributed by atoms with van der Waals surface area (Å²) in [7, 11) is 0. The maximum Gasteiger partial charge on any atom is 0.248 e. The van der Waals surface area contributed by atoms with Crippen LogP contribution in [0.3, 0.4) is 0 Å². The molecule has 0 heterocycles. The van der Waals surface area contributed by atoms with Crippen LogP contribution in [0.5, 0.6) is 0 Å². The first-order chi connectivity index (χ1) is 8.25. The van der Waals surface area contributed by atoms with Crippen molar-refractivity contribution in [2.24, 2.45) is 17.1 Å². The van der Waals surface area contributed by atoms with Crippen LogP contribution < -0.4 is 5.73 Å². The van der Waals surface area contributed by atoms with Gasteiger partial charge in [-0.05, 0) is 23.6 Å². The minimum atomic E-state index is -0.449. The van der Waals surface area contributed by atoms with E-state index in [1.165, 1.54) is 0 Å². The highest BCUT2D eigenvalue weighted by molar-refractivity contribution is 5.93. The quantitative estimate of drug-likeness (QED) is 0.869. The standard InChI is InChI=1S/C15H21NO2/c1-10(2)15(3,4)13(17)9-11-5-7-12(8-6-11)14(16)18/h5-8,10H,9H2,1-4H3,(H2,16,18). The highest BCUT2D eigenvalue weighted by Gasteiger charge is 2.30. The van der Waals surface area contributed by atoms with E-state index in [9.17, 15) is 9.59 Å². The van der Waals surface area contributed by atoms with Gasteiger partial charge >= 0.3 is 0 Å². The molecule has 0 aliphatic rings. The zero-order valence-corrected chi connectivity index (χ0v) is 11.5. The topological polar surface area (TPSA) is 60.2 Å². The molecule has 0 saturated heterocycles. The Hall–Kier alpha value is -1.64. The van der Waals surface area contributed by atoms with Gasteiger partial charge in [0.2, 0.25) is 5.91 Å². The second-order valence-electron chi connectivity index (χ2n) is 5.54. The number of ketones is 1. The van der Waals surface area contributed by atoms with E-state index >= 15 is 0 Å².